The van der Waals surface area contributed by atoms with Gasteiger partial charge in [0, 0.05) is 37.9 Å². The molecule has 0 amide bonds. The quantitative estimate of drug-likeness (QED) is 0.663. The summed E-state index contributed by atoms with van der Waals surface area (Å²) in [6, 6.07) is 1.67. The van der Waals surface area contributed by atoms with Crippen molar-refractivity contribution >= 4 is 11.5 Å². The average molecular weight is 317 g/mol. The van der Waals surface area contributed by atoms with Crippen molar-refractivity contribution in [1.29, 1.82) is 0 Å². The summed E-state index contributed by atoms with van der Waals surface area (Å²) in [7, 11) is 0. The van der Waals surface area contributed by atoms with Gasteiger partial charge in [-0.2, -0.15) is 5.10 Å². The summed E-state index contributed by atoms with van der Waals surface area (Å²) in [5.41, 5.74) is 0.740. The van der Waals surface area contributed by atoms with Crippen LogP contribution < -0.4 is 4.90 Å². The summed E-state index contributed by atoms with van der Waals surface area (Å²) in [4.78, 5) is 23.7. The van der Waals surface area contributed by atoms with Crippen molar-refractivity contribution in [3.8, 4) is 0 Å². The summed E-state index contributed by atoms with van der Waals surface area (Å²) in [6.07, 6.45) is 1.63. The van der Waals surface area contributed by atoms with Crippen LogP contribution in [0.2, 0.25) is 0 Å². The Morgan fingerprint density at radius 2 is 2.04 bits per heavy atom. The zero-order chi connectivity index (χ0) is 16.4. The van der Waals surface area contributed by atoms with Crippen LogP contribution in [0.25, 0.3) is 0 Å². The lowest BCUT2D eigenvalue weighted by Crippen LogP contribution is -2.46. The highest BCUT2D eigenvalue weighted by molar-refractivity contribution is 5.61. The molecule has 0 saturated carbocycles. The third-order valence-corrected chi connectivity index (χ3v) is 3.97. The Morgan fingerprint density at radius 3 is 2.65 bits per heavy atom. The second-order valence-electron chi connectivity index (χ2n) is 5.66. The van der Waals surface area contributed by atoms with Gasteiger partial charge in [0.15, 0.2) is 5.82 Å². The van der Waals surface area contributed by atoms with Crippen LogP contribution in [0.3, 0.4) is 0 Å². The summed E-state index contributed by atoms with van der Waals surface area (Å²) in [5.74, 6) is 2.04. The summed E-state index contributed by atoms with van der Waals surface area (Å²) in [6.45, 7) is 7.27. The van der Waals surface area contributed by atoms with Gasteiger partial charge in [-0.15, -0.1) is 0 Å². The van der Waals surface area contributed by atoms with E-state index in [2.05, 4.69) is 25.1 Å². The molecule has 3 rings (SSSR count). The predicted molar refractivity (Wildman–Crippen MR) is 84.2 cm³/mol. The molecule has 1 aliphatic heterocycles. The maximum absolute atomic E-state index is 11.3. The van der Waals surface area contributed by atoms with Crippen molar-refractivity contribution in [3.63, 3.8) is 0 Å². The third kappa shape index (κ3) is 3.29. The highest BCUT2D eigenvalue weighted by Gasteiger charge is 2.26. The number of piperazine rings is 1. The highest BCUT2D eigenvalue weighted by Crippen LogP contribution is 2.29. The molecule has 1 saturated heterocycles. The van der Waals surface area contributed by atoms with E-state index in [1.54, 1.807) is 19.2 Å². The number of anilines is 1. The molecule has 9 nitrogen and oxygen atoms in total. The van der Waals surface area contributed by atoms with E-state index < -0.39 is 0 Å². The number of H-pyrrole nitrogens is 1. The molecule has 0 unspecified atom stereocenters. The first-order chi connectivity index (χ1) is 11.0. The number of aromatic nitrogens is 4. The molecule has 0 bridgehead atoms. The molecule has 0 aromatic carbocycles. The van der Waals surface area contributed by atoms with Crippen molar-refractivity contribution < 1.29 is 4.92 Å². The number of hydrogen-bond acceptors (Lipinski definition) is 7. The number of nitrogens with zero attached hydrogens (tertiary/aromatic N) is 6. The fourth-order valence-corrected chi connectivity index (χ4v) is 2.77. The van der Waals surface area contributed by atoms with Crippen LogP contribution in [-0.4, -0.2) is 56.2 Å². The van der Waals surface area contributed by atoms with Gasteiger partial charge >= 0.3 is 5.69 Å². The molecule has 0 radical (unpaired) electrons. The minimum absolute atomic E-state index is 0.102. The minimum Gasteiger partial charge on any atom is -0.348 e. The molecule has 1 fully saturated rings. The molecule has 0 aliphatic carbocycles. The topological polar surface area (TPSA) is 104 Å². The molecule has 1 N–H and O–H groups in total. The molecular weight excluding hydrogens is 298 g/mol. The van der Waals surface area contributed by atoms with Gasteiger partial charge in [0.25, 0.3) is 0 Å². The molecule has 1 aliphatic rings. The van der Waals surface area contributed by atoms with Gasteiger partial charge in [0.05, 0.1) is 11.5 Å². The number of hydrogen-bond donors (Lipinski definition) is 1. The van der Waals surface area contributed by atoms with E-state index in [4.69, 9.17) is 0 Å². The fourth-order valence-electron chi connectivity index (χ4n) is 2.77. The predicted octanol–water partition coefficient (Wildman–Crippen LogP) is 1.05. The van der Waals surface area contributed by atoms with E-state index in [1.165, 1.54) is 0 Å². The second kappa shape index (κ2) is 6.29. The van der Waals surface area contributed by atoms with E-state index in [0.717, 1.165) is 24.7 Å². The monoisotopic (exact) mass is 317 g/mol. The maximum atomic E-state index is 11.3. The van der Waals surface area contributed by atoms with Crippen LogP contribution in [-0.2, 0) is 6.54 Å². The maximum Gasteiger partial charge on any atom is 0.314 e. The van der Waals surface area contributed by atoms with E-state index in [-0.39, 0.29) is 10.6 Å². The molecule has 3 heterocycles. The summed E-state index contributed by atoms with van der Waals surface area (Å²) in [5, 5.41) is 18.3. The van der Waals surface area contributed by atoms with E-state index in [9.17, 15) is 10.1 Å². The zero-order valence-corrected chi connectivity index (χ0v) is 13.2. The van der Waals surface area contributed by atoms with Crippen molar-refractivity contribution in [2.24, 2.45) is 0 Å². The Balaban J connectivity index is 1.67. The molecule has 2 aromatic heterocycles. The van der Waals surface area contributed by atoms with Gasteiger partial charge in [-0.1, -0.05) is 0 Å². The number of rotatable bonds is 4. The first kappa shape index (κ1) is 15.3. The molecule has 0 atom stereocenters. The molecule has 122 valence electrons. The lowest BCUT2D eigenvalue weighted by Gasteiger charge is -2.34. The first-order valence-corrected chi connectivity index (χ1v) is 7.50. The Morgan fingerprint density at radius 1 is 1.30 bits per heavy atom. The zero-order valence-electron chi connectivity index (χ0n) is 13.2. The second-order valence-corrected chi connectivity index (χ2v) is 5.66. The van der Waals surface area contributed by atoms with Gasteiger partial charge in [-0.3, -0.25) is 20.1 Å². The van der Waals surface area contributed by atoms with Crippen LogP contribution in [0, 0.1) is 24.0 Å². The molecule has 23 heavy (non-hydrogen) atoms. The summed E-state index contributed by atoms with van der Waals surface area (Å²) >= 11 is 0. The summed E-state index contributed by atoms with van der Waals surface area (Å²) < 4.78 is 0. The molecule has 2 aromatic rings. The number of pyridine rings is 1. The van der Waals surface area contributed by atoms with Crippen molar-refractivity contribution in [2.45, 2.75) is 20.4 Å². The normalized spacial score (nSPS) is 15.8. The van der Waals surface area contributed by atoms with Crippen LogP contribution in [0.4, 0.5) is 11.5 Å². The SMILES string of the molecule is Cc1nc(CN2CCN(c3nccc(C)c3[N+](=O)[O-])CC2)n[nH]1. The first-order valence-electron chi connectivity index (χ1n) is 7.50. The smallest absolute Gasteiger partial charge is 0.314 e. The fraction of sp³-hybridized carbons (Fsp3) is 0.500. The van der Waals surface area contributed by atoms with E-state index in [0.29, 0.717) is 31.0 Å². The number of nitrogens with one attached hydrogen (secondary N) is 1. The standard InChI is InChI=1S/C14H19N7O2/c1-10-3-4-15-14(13(10)21(22)23)20-7-5-19(6-8-20)9-12-16-11(2)17-18-12/h3-4H,5-9H2,1-2H3,(H,16,17,18). The minimum atomic E-state index is -0.347. The largest absolute Gasteiger partial charge is 0.348 e. The van der Waals surface area contributed by atoms with Crippen molar-refractivity contribution in [3.05, 3.63) is 39.6 Å². The van der Waals surface area contributed by atoms with Crippen LogP contribution >= 0.6 is 0 Å². The Kier molecular flexibility index (Phi) is 4.20. The van der Waals surface area contributed by atoms with Crippen LogP contribution in [0.5, 0.6) is 0 Å². The van der Waals surface area contributed by atoms with E-state index >= 15 is 0 Å². The van der Waals surface area contributed by atoms with Crippen LogP contribution in [0.1, 0.15) is 17.2 Å². The van der Waals surface area contributed by atoms with Crippen LogP contribution in [0.15, 0.2) is 12.3 Å². The Hall–Kier alpha value is -2.55. The van der Waals surface area contributed by atoms with Gasteiger partial charge < -0.3 is 4.90 Å². The molecule has 0 spiro atoms. The Labute approximate surface area is 133 Å². The van der Waals surface area contributed by atoms with Gasteiger partial charge in [-0.05, 0) is 19.9 Å². The highest BCUT2D eigenvalue weighted by atomic mass is 16.6. The number of aromatic amines is 1. The lowest BCUT2D eigenvalue weighted by atomic mass is 10.2. The third-order valence-electron chi connectivity index (χ3n) is 3.97. The molecule has 9 heteroatoms. The number of nitro groups is 1. The number of aryl methyl sites for hydroxylation is 2. The average Bonchev–Trinajstić information content (AvgIpc) is 2.92. The lowest BCUT2D eigenvalue weighted by molar-refractivity contribution is -0.384. The van der Waals surface area contributed by atoms with Crippen molar-refractivity contribution in [1.82, 2.24) is 25.1 Å². The Bertz CT molecular complexity index is 707. The van der Waals surface area contributed by atoms with E-state index in [1.807, 2.05) is 11.8 Å². The van der Waals surface area contributed by atoms with Gasteiger partial charge in [0.1, 0.15) is 5.82 Å². The van der Waals surface area contributed by atoms with Gasteiger partial charge in [-0.25, -0.2) is 9.97 Å². The van der Waals surface area contributed by atoms with Crippen molar-refractivity contribution in [2.75, 3.05) is 31.1 Å². The van der Waals surface area contributed by atoms with Gasteiger partial charge in [0.2, 0.25) is 5.82 Å². The molecular formula is C14H19N7O2.